The largest absolute Gasteiger partial charge is 0.345 e. The van der Waals surface area contributed by atoms with Crippen molar-refractivity contribution in [1.82, 2.24) is 10.3 Å². The molecule has 0 atom stereocenters. The van der Waals surface area contributed by atoms with E-state index < -0.39 is 0 Å². The summed E-state index contributed by atoms with van der Waals surface area (Å²) in [4.78, 5) is 6.37. The van der Waals surface area contributed by atoms with Crippen molar-refractivity contribution in [3.05, 3.63) is 23.6 Å². The Kier molecular flexibility index (Phi) is 5.37. The third-order valence-corrected chi connectivity index (χ3v) is 3.41. The molecule has 0 amide bonds. The maximum absolute atomic E-state index is 13.4. The second-order valence-electron chi connectivity index (χ2n) is 5.34. The second-order valence-corrected chi connectivity index (χ2v) is 5.34. The molecule has 1 fully saturated rings. The molecule has 1 aromatic rings. The number of nitrogens with zero attached hydrogens (tertiary/aromatic N) is 2. The fraction of sp³-hybridized carbons (Fsp3) is 0.562. The molecular weight excluding hydrogens is 253 g/mol. The first-order valence-corrected chi connectivity index (χ1v) is 7.28. The average Bonchev–Trinajstić information content (AvgIpc) is 3.23. The van der Waals surface area contributed by atoms with E-state index >= 15 is 0 Å². The van der Waals surface area contributed by atoms with Crippen LogP contribution < -0.4 is 10.2 Å². The third-order valence-electron chi connectivity index (χ3n) is 3.41. The zero-order chi connectivity index (χ0) is 14.4. The minimum absolute atomic E-state index is 0.297. The molecule has 20 heavy (non-hydrogen) atoms. The van der Waals surface area contributed by atoms with Gasteiger partial charge in [0.2, 0.25) is 0 Å². The van der Waals surface area contributed by atoms with E-state index in [-0.39, 0.29) is 5.82 Å². The van der Waals surface area contributed by atoms with Gasteiger partial charge in [0.15, 0.2) is 0 Å². The van der Waals surface area contributed by atoms with Gasteiger partial charge in [-0.25, -0.2) is 9.37 Å². The summed E-state index contributed by atoms with van der Waals surface area (Å²) in [5.41, 5.74) is 0.884. The van der Waals surface area contributed by atoms with E-state index in [0.29, 0.717) is 19.0 Å². The molecule has 1 aliphatic rings. The lowest BCUT2D eigenvalue weighted by Crippen LogP contribution is -2.29. The van der Waals surface area contributed by atoms with Gasteiger partial charge in [-0.3, -0.25) is 0 Å². The fourth-order valence-corrected chi connectivity index (χ4v) is 2.24. The number of nitrogens with one attached hydrogen (secondary N) is 1. The number of hydrogen-bond donors (Lipinski definition) is 1. The first-order valence-electron chi connectivity index (χ1n) is 7.28. The Balaban J connectivity index is 2.15. The van der Waals surface area contributed by atoms with Gasteiger partial charge in [0.25, 0.3) is 0 Å². The first kappa shape index (κ1) is 14.8. The lowest BCUT2D eigenvalue weighted by atomic mass is 10.2. The van der Waals surface area contributed by atoms with Crippen molar-refractivity contribution in [2.75, 3.05) is 24.5 Å². The molecule has 0 aromatic carbocycles. The maximum Gasteiger partial charge on any atom is 0.141 e. The molecule has 0 unspecified atom stereocenters. The van der Waals surface area contributed by atoms with Crippen molar-refractivity contribution in [3.63, 3.8) is 0 Å². The number of pyridine rings is 1. The van der Waals surface area contributed by atoms with Crippen LogP contribution in [0.4, 0.5) is 10.2 Å². The van der Waals surface area contributed by atoms with Crippen molar-refractivity contribution in [2.24, 2.45) is 5.92 Å². The molecule has 0 spiro atoms. The van der Waals surface area contributed by atoms with Gasteiger partial charge in [-0.15, -0.1) is 6.42 Å². The summed E-state index contributed by atoms with van der Waals surface area (Å²) in [6.45, 7) is 5.09. The predicted molar refractivity (Wildman–Crippen MR) is 80.0 cm³/mol. The minimum atomic E-state index is -0.297. The highest BCUT2D eigenvalue weighted by atomic mass is 19.1. The van der Waals surface area contributed by atoms with Crippen LogP contribution in [0.3, 0.4) is 0 Å². The van der Waals surface area contributed by atoms with E-state index in [1.54, 1.807) is 6.07 Å². The molecule has 1 aromatic heterocycles. The van der Waals surface area contributed by atoms with Crippen LogP contribution in [0.25, 0.3) is 0 Å². The van der Waals surface area contributed by atoms with Gasteiger partial charge < -0.3 is 10.2 Å². The van der Waals surface area contributed by atoms with E-state index in [2.05, 4.69) is 28.0 Å². The summed E-state index contributed by atoms with van der Waals surface area (Å²) in [6, 6.07) is 1.56. The van der Waals surface area contributed by atoms with Gasteiger partial charge in [-0.2, -0.15) is 0 Å². The summed E-state index contributed by atoms with van der Waals surface area (Å²) in [7, 11) is 0. The molecule has 0 bridgehead atoms. The topological polar surface area (TPSA) is 28.2 Å². The van der Waals surface area contributed by atoms with Crippen molar-refractivity contribution in [3.8, 4) is 12.3 Å². The van der Waals surface area contributed by atoms with Crippen LogP contribution in [0, 0.1) is 24.1 Å². The normalized spacial score (nSPS) is 14.1. The molecule has 1 heterocycles. The number of halogens is 1. The number of hydrogen-bond acceptors (Lipinski definition) is 3. The van der Waals surface area contributed by atoms with Crippen LogP contribution in [0.15, 0.2) is 12.3 Å². The zero-order valence-corrected chi connectivity index (χ0v) is 12.0. The number of terminal acetylenes is 1. The Morgan fingerprint density at radius 2 is 2.35 bits per heavy atom. The smallest absolute Gasteiger partial charge is 0.141 e. The molecule has 1 saturated carbocycles. The highest BCUT2D eigenvalue weighted by molar-refractivity contribution is 5.48. The Morgan fingerprint density at radius 1 is 1.55 bits per heavy atom. The SMILES string of the molecule is C#CCN(CC1CC1)c1ncc(F)cc1CNCCC. The van der Waals surface area contributed by atoms with Crippen molar-refractivity contribution in [2.45, 2.75) is 32.7 Å². The number of rotatable bonds is 8. The summed E-state index contributed by atoms with van der Waals surface area (Å²) in [6.07, 6.45) is 10.3. The van der Waals surface area contributed by atoms with Crippen LogP contribution in [-0.4, -0.2) is 24.6 Å². The Hall–Kier alpha value is -1.60. The summed E-state index contributed by atoms with van der Waals surface area (Å²) in [5.74, 6) is 3.92. The third kappa shape index (κ3) is 4.21. The van der Waals surface area contributed by atoms with E-state index in [0.717, 1.165) is 30.9 Å². The van der Waals surface area contributed by atoms with Crippen LogP contribution in [-0.2, 0) is 6.54 Å². The Bertz CT molecular complexity index is 477. The van der Waals surface area contributed by atoms with Crippen LogP contribution in [0.2, 0.25) is 0 Å². The van der Waals surface area contributed by atoms with Gasteiger partial charge in [0.1, 0.15) is 11.6 Å². The van der Waals surface area contributed by atoms with Crippen molar-refractivity contribution >= 4 is 5.82 Å². The van der Waals surface area contributed by atoms with Gasteiger partial charge in [0.05, 0.1) is 12.7 Å². The molecule has 0 saturated heterocycles. The standard InChI is InChI=1S/C16H22FN3/c1-3-7-18-10-14-9-15(17)11-19-16(14)20(8-4-2)12-13-5-6-13/h2,9,11,13,18H,3,5-8,10,12H2,1H3. The summed E-state index contributed by atoms with van der Waals surface area (Å²) >= 11 is 0. The van der Waals surface area contributed by atoms with Gasteiger partial charge in [-0.05, 0) is 37.8 Å². The quantitative estimate of drug-likeness (QED) is 0.584. The minimum Gasteiger partial charge on any atom is -0.345 e. The molecule has 1 N–H and O–H groups in total. The number of aromatic nitrogens is 1. The molecule has 0 radical (unpaired) electrons. The molecule has 108 valence electrons. The Morgan fingerprint density at radius 3 is 3.00 bits per heavy atom. The van der Waals surface area contributed by atoms with Gasteiger partial charge in [-0.1, -0.05) is 12.8 Å². The van der Waals surface area contributed by atoms with Crippen molar-refractivity contribution < 1.29 is 4.39 Å². The average molecular weight is 275 g/mol. The summed E-state index contributed by atoms with van der Waals surface area (Å²) in [5, 5.41) is 3.30. The monoisotopic (exact) mass is 275 g/mol. The molecular formula is C16H22FN3. The zero-order valence-electron chi connectivity index (χ0n) is 12.0. The molecule has 0 aliphatic heterocycles. The highest BCUT2D eigenvalue weighted by Crippen LogP contribution is 2.31. The molecule has 4 heteroatoms. The summed E-state index contributed by atoms with van der Waals surface area (Å²) < 4.78 is 13.4. The van der Waals surface area contributed by atoms with E-state index in [1.807, 2.05) is 0 Å². The fourth-order valence-electron chi connectivity index (χ4n) is 2.24. The van der Waals surface area contributed by atoms with E-state index in [9.17, 15) is 4.39 Å². The maximum atomic E-state index is 13.4. The lowest BCUT2D eigenvalue weighted by Gasteiger charge is -2.24. The number of anilines is 1. The van der Waals surface area contributed by atoms with Crippen molar-refractivity contribution in [1.29, 1.82) is 0 Å². The lowest BCUT2D eigenvalue weighted by molar-refractivity contribution is 0.609. The second kappa shape index (κ2) is 7.25. The van der Waals surface area contributed by atoms with Crippen LogP contribution in [0.1, 0.15) is 31.7 Å². The molecule has 3 nitrogen and oxygen atoms in total. The van der Waals surface area contributed by atoms with Crippen LogP contribution >= 0.6 is 0 Å². The van der Waals surface area contributed by atoms with E-state index in [4.69, 9.17) is 6.42 Å². The van der Waals surface area contributed by atoms with Gasteiger partial charge in [0, 0.05) is 18.7 Å². The molecule has 1 aliphatic carbocycles. The highest BCUT2D eigenvalue weighted by Gasteiger charge is 2.25. The predicted octanol–water partition coefficient (Wildman–Crippen LogP) is 2.57. The van der Waals surface area contributed by atoms with E-state index in [1.165, 1.54) is 19.0 Å². The molecule has 2 rings (SSSR count). The van der Waals surface area contributed by atoms with Gasteiger partial charge >= 0.3 is 0 Å². The van der Waals surface area contributed by atoms with Crippen LogP contribution in [0.5, 0.6) is 0 Å². The first-order chi connectivity index (χ1) is 9.74. The Labute approximate surface area is 120 Å².